The number of allylic oxidation sites excluding steroid dienone is 2. The molecule has 0 amide bonds. The van der Waals surface area contributed by atoms with Crippen molar-refractivity contribution in [2.24, 2.45) is 0 Å². The number of aryl methyl sites for hydroxylation is 1. The summed E-state index contributed by atoms with van der Waals surface area (Å²) in [6.45, 7) is 1.96. The van der Waals surface area contributed by atoms with E-state index in [4.69, 9.17) is 4.42 Å². The molecular formula is C10H12NO+. The van der Waals surface area contributed by atoms with Crippen molar-refractivity contribution < 1.29 is 9.73 Å². The number of hydrogen-bond donors (Lipinski definition) is 1. The molecule has 0 saturated heterocycles. The molecule has 0 aromatic carbocycles. The molecular weight excluding hydrogens is 150 g/mol. The normalized spacial score (nSPS) is 16.1. The van der Waals surface area contributed by atoms with Crippen LogP contribution >= 0.6 is 0 Å². The largest absolute Gasteiger partial charge is 0.418 e. The van der Waals surface area contributed by atoms with Crippen molar-refractivity contribution in [3.05, 3.63) is 42.2 Å². The highest BCUT2D eigenvalue weighted by Crippen LogP contribution is 2.07. The molecule has 1 aliphatic carbocycles. The number of quaternary nitrogens is 1. The van der Waals surface area contributed by atoms with E-state index in [1.54, 1.807) is 0 Å². The molecule has 0 aliphatic heterocycles. The third-order valence-corrected chi connectivity index (χ3v) is 1.90. The lowest BCUT2D eigenvalue weighted by Crippen LogP contribution is -2.83. The van der Waals surface area contributed by atoms with Crippen LogP contribution in [-0.4, -0.2) is 6.04 Å². The summed E-state index contributed by atoms with van der Waals surface area (Å²) in [5.74, 6) is 1.92. The van der Waals surface area contributed by atoms with E-state index >= 15 is 0 Å². The van der Waals surface area contributed by atoms with Crippen LogP contribution in [-0.2, 0) is 0 Å². The second-order valence-corrected chi connectivity index (χ2v) is 2.96. The molecule has 1 heterocycles. The molecule has 0 spiro atoms. The van der Waals surface area contributed by atoms with Gasteiger partial charge in [0.25, 0.3) is 5.88 Å². The Bertz CT molecular complexity index is 310. The molecule has 2 nitrogen and oxygen atoms in total. The van der Waals surface area contributed by atoms with Gasteiger partial charge in [-0.05, 0) is 25.1 Å². The summed E-state index contributed by atoms with van der Waals surface area (Å²) in [6, 6.07) is 4.39. The van der Waals surface area contributed by atoms with Gasteiger partial charge < -0.3 is 4.42 Å². The molecule has 0 fully saturated rings. The van der Waals surface area contributed by atoms with E-state index in [-0.39, 0.29) is 0 Å². The van der Waals surface area contributed by atoms with Crippen LogP contribution in [0.4, 0.5) is 5.88 Å². The minimum atomic E-state index is 0.413. The Morgan fingerprint density at radius 3 is 2.58 bits per heavy atom. The van der Waals surface area contributed by atoms with Crippen LogP contribution in [0.5, 0.6) is 0 Å². The Labute approximate surface area is 71.6 Å². The minimum Gasteiger partial charge on any atom is -0.418 e. The third-order valence-electron chi connectivity index (χ3n) is 1.90. The topological polar surface area (TPSA) is 29.8 Å². The van der Waals surface area contributed by atoms with Gasteiger partial charge in [0.15, 0.2) is 0 Å². The van der Waals surface area contributed by atoms with Crippen molar-refractivity contribution in [1.82, 2.24) is 0 Å². The van der Waals surface area contributed by atoms with Gasteiger partial charge in [-0.15, -0.1) is 0 Å². The van der Waals surface area contributed by atoms with Gasteiger partial charge >= 0.3 is 0 Å². The number of rotatable bonds is 2. The predicted molar refractivity (Wildman–Crippen MR) is 47.1 cm³/mol. The van der Waals surface area contributed by atoms with E-state index in [2.05, 4.69) is 29.6 Å². The lowest BCUT2D eigenvalue weighted by molar-refractivity contribution is -0.599. The molecule has 62 valence electrons. The van der Waals surface area contributed by atoms with Crippen LogP contribution < -0.4 is 5.32 Å². The first-order valence-corrected chi connectivity index (χ1v) is 4.11. The van der Waals surface area contributed by atoms with Crippen LogP contribution in [0.1, 0.15) is 5.76 Å². The van der Waals surface area contributed by atoms with E-state index in [0.717, 1.165) is 11.6 Å². The number of hydrogen-bond acceptors (Lipinski definition) is 1. The standard InChI is InChI=1S/C10H11NO/c1-8-6-7-10(12-8)11-9-4-2-3-5-9/h2-7,9,11H,1H3/p+1. The molecule has 0 bridgehead atoms. The van der Waals surface area contributed by atoms with Crippen LogP contribution in [0, 0.1) is 6.92 Å². The zero-order valence-corrected chi connectivity index (χ0v) is 7.03. The van der Waals surface area contributed by atoms with Gasteiger partial charge in [0.1, 0.15) is 11.8 Å². The van der Waals surface area contributed by atoms with Crippen molar-refractivity contribution in [3.63, 3.8) is 0 Å². The Kier molecular flexibility index (Phi) is 1.84. The maximum absolute atomic E-state index is 5.42. The van der Waals surface area contributed by atoms with Crippen molar-refractivity contribution in [3.8, 4) is 0 Å². The Morgan fingerprint density at radius 1 is 1.25 bits per heavy atom. The van der Waals surface area contributed by atoms with Gasteiger partial charge in [-0.25, -0.2) is 0 Å². The summed E-state index contributed by atoms with van der Waals surface area (Å²) in [5, 5.41) is 2.10. The molecule has 12 heavy (non-hydrogen) atoms. The zero-order chi connectivity index (χ0) is 8.39. The van der Waals surface area contributed by atoms with E-state index in [1.165, 1.54) is 0 Å². The van der Waals surface area contributed by atoms with Crippen LogP contribution in [0.3, 0.4) is 0 Å². The molecule has 1 aromatic heterocycles. The van der Waals surface area contributed by atoms with E-state index in [1.807, 2.05) is 19.1 Å². The lowest BCUT2D eigenvalue weighted by Gasteiger charge is -1.99. The highest BCUT2D eigenvalue weighted by Gasteiger charge is 2.10. The fraction of sp³-hybridized carbons (Fsp3) is 0.200. The van der Waals surface area contributed by atoms with Gasteiger partial charge in [-0.1, -0.05) is 12.2 Å². The van der Waals surface area contributed by atoms with E-state index in [0.29, 0.717) is 6.04 Å². The molecule has 1 aliphatic rings. The Morgan fingerprint density at radius 2 is 2.00 bits per heavy atom. The predicted octanol–water partition coefficient (Wildman–Crippen LogP) is 1.28. The fourth-order valence-electron chi connectivity index (χ4n) is 1.29. The SMILES string of the molecule is Cc1ccc([NH2+]C2C=CC=C2)o1. The summed E-state index contributed by atoms with van der Waals surface area (Å²) in [7, 11) is 0. The minimum absolute atomic E-state index is 0.413. The first kappa shape index (κ1) is 7.37. The zero-order valence-electron chi connectivity index (χ0n) is 7.03. The number of nitrogens with two attached hydrogens (primary N) is 1. The first-order chi connectivity index (χ1) is 5.84. The summed E-state index contributed by atoms with van der Waals surface area (Å²) in [6.07, 6.45) is 8.38. The van der Waals surface area contributed by atoms with Gasteiger partial charge in [-0.3, -0.25) is 5.32 Å². The number of furan rings is 1. The monoisotopic (exact) mass is 162 g/mol. The van der Waals surface area contributed by atoms with E-state index in [9.17, 15) is 0 Å². The molecule has 2 heteroatoms. The average molecular weight is 162 g/mol. The Hall–Kier alpha value is -1.28. The first-order valence-electron chi connectivity index (χ1n) is 4.11. The van der Waals surface area contributed by atoms with Crippen molar-refractivity contribution in [1.29, 1.82) is 0 Å². The van der Waals surface area contributed by atoms with Gasteiger partial charge in [0.05, 0.1) is 0 Å². The summed E-state index contributed by atoms with van der Waals surface area (Å²) < 4.78 is 5.42. The van der Waals surface area contributed by atoms with Crippen molar-refractivity contribution in [2.75, 3.05) is 0 Å². The quantitative estimate of drug-likeness (QED) is 0.697. The molecule has 1 aromatic rings. The lowest BCUT2D eigenvalue weighted by atomic mass is 10.3. The Balaban J connectivity index is 2.03. The van der Waals surface area contributed by atoms with Crippen molar-refractivity contribution >= 4 is 5.88 Å². The third kappa shape index (κ3) is 1.48. The van der Waals surface area contributed by atoms with Gasteiger partial charge in [-0.2, -0.15) is 0 Å². The summed E-state index contributed by atoms with van der Waals surface area (Å²) in [4.78, 5) is 0. The van der Waals surface area contributed by atoms with Gasteiger partial charge in [0.2, 0.25) is 0 Å². The van der Waals surface area contributed by atoms with Crippen LogP contribution in [0.15, 0.2) is 40.9 Å². The van der Waals surface area contributed by atoms with Crippen LogP contribution in [0.25, 0.3) is 0 Å². The van der Waals surface area contributed by atoms with Crippen molar-refractivity contribution in [2.45, 2.75) is 13.0 Å². The molecule has 0 atom stereocenters. The van der Waals surface area contributed by atoms with E-state index < -0.39 is 0 Å². The van der Waals surface area contributed by atoms with Crippen LogP contribution in [0.2, 0.25) is 0 Å². The fourth-order valence-corrected chi connectivity index (χ4v) is 1.29. The second kappa shape index (κ2) is 2.99. The second-order valence-electron chi connectivity index (χ2n) is 2.96. The average Bonchev–Trinajstić information content (AvgIpc) is 2.63. The van der Waals surface area contributed by atoms with Gasteiger partial charge in [0, 0.05) is 6.07 Å². The maximum Gasteiger partial charge on any atom is 0.294 e. The smallest absolute Gasteiger partial charge is 0.294 e. The molecule has 2 rings (SSSR count). The summed E-state index contributed by atoms with van der Waals surface area (Å²) in [5.41, 5.74) is 0. The summed E-state index contributed by atoms with van der Waals surface area (Å²) >= 11 is 0. The highest BCUT2D eigenvalue weighted by atomic mass is 16.4. The highest BCUT2D eigenvalue weighted by molar-refractivity contribution is 5.21. The molecule has 0 unspecified atom stereocenters. The molecule has 2 N–H and O–H groups in total. The molecule has 0 saturated carbocycles. The maximum atomic E-state index is 5.42. The molecule has 0 radical (unpaired) electrons.